The first-order valence-electron chi connectivity index (χ1n) is 10.4. The molecule has 2 aromatic rings. The van der Waals surface area contributed by atoms with Gasteiger partial charge in [0.25, 0.3) is 5.56 Å². The molecule has 1 amide bonds. The summed E-state index contributed by atoms with van der Waals surface area (Å²) in [6.07, 6.45) is 5.33. The van der Waals surface area contributed by atoms with Crippen LogP contribution >= 0.6 is 11.8 Å². The fraction of sp³-hybridized carbons (Fsp3) is 0.591. The van der Waals surface area contributed by atoms with E-state index >= 15 is 0 Å². The molecule has 0 bridgehead atoms. The summed E-state index contributed by atoms with van der Waals surface area (Å²) in [4.78, 5) is 32.4. The monoisotopic (exact) mass is 401 g/mol. The van der Waals surface area contributed by atoms with Gasteiger partial charge < -0.3 is 4.90 Å². The molecule has 1 atom stereocenters. The zero-order valence-electron chi connectivity index (χ0n) is 17.2. The predicted octanol–water partition coefficient (Wildman–Crippen LogP) is 4.50. The maximum atomic E-state index is 13.2. The van der Waals surface area contributed by atoms with Crippen molar-refractivity contribution in [1.82, 2.24) is 14.5 Å². The third kappa shape index (κ3) is 4.96. The maximum absolute atomic E-state index is 13.2. The third-order valence-corrected chi connectivity index (χ3v) is 6.34. The van der Waals surface area contributed by atoms with Crippen LogP contribution in [0.3, 0.4) is 0 Å². The van der Waals surface area contributed by atoms with E-state index in [1.54, 1.807) is 0 Å². The topological polar surface area (TPSA) is 55.2 Å². The molecule has 2 heterocycles. The average molecular weight is 402 g/mol. The second kappa shape index (κ2) is 9.59. The van der Waals surface area contributed by atoms with Gasteiger partial charge in [-0.1, -0.05) is 50.6 Å². The number of aromatic nitrogens is 2. The van der Waals surface area contributed by atoms with Crippen molar-refractivity contribution in [1.29, 1.82) is 0 Å². The average Bonchev–Trinajstić information content (AvgIpc) is 3.20. The van der Waals surface area contributed by atoms with E-state index in [2.05, 4.69) is 20.8 Å². The van der Waals surface area contributed by atoms with Gasteiger partial charge in [0, 0.05) is 19.1 Å². The molecule has 0 spiro atoms. The second-order valence-corrected chi connectivity index (χ2v) is 9.08. The molecule has 1 aromatic heterocycles. The second-order valence-electron chi connectivity index (χ2n) is 8.14. The lowest BCUT2D eigenvalue weighted by Crippen LogP contribution is -2.30. The summed E-state index contributed by atoms with van der Waals surface area (Å²) in [6, 6.07) is 7.55. The van der Waals surface area contributed by atoms with Gasteiger partial charge >= 0.3 is 0 Å². The van der Waals surface area contributed by atoms with Crippen LogP contribution in [-0.4, -0.2) is 39.2 Å². The SMILES string of the molecule is CC(C)CCCC(C)n1c(SCC(=O)N2CCCC2)nc2ccccc2c1=O. The molecule has 0 aliphatic carbocycles. The van der Waals surface area contributed by atoms with Crippen molar-refractivity contribution >= 4 is 28.6 Å². The van der Waals surface area contributed by atoms with E-state index in [0.29, 0.717) is 27.7 Å². The van der Waals surface area contributed by atoms with E-state index in [0.717, 1.165) is 45.2 Å². The lowest BCUT2D eigenvalue weighted by Gasteiger charge is -2.20. The fourth-order valence-corrected chi connectivity index (χ4v) is 4.75. The molecule has 0 saturated carbocycles. The number of likely N-dealkylation sites (tertiary alicyclic amines) is 1. The number of carbonyl (C=O) groups is 1. The Balaban J connectivity index is 1.85. The van der Waals surface area contributed by atoms with Crippen molar-refractivity contribution < 1.29 is 4.79 Å². The van der Waals surface area contributed by atoms with Crippen molar-refractivity contribution in [3.8, 4) is 0 Å². The molecule has 1 aliphatic heterocycles. The van der Waals surface area contributed by atoms with Crippen LogP contribution in [0.1, 0.15) is 58.9 Å². The Bertz CT molecular complexity index is 872. The molecule has 1 saturated heterocycles. The Hall–Kier alpha value is -1.82. The summed E-state index contributed by atoms with van der Waals surface area (Å²) in [6.45, 7) is 8.23. The highest BCUT2D eigenvalue weighted by atomic mass is 32.2. The van der Waals surface area contributed by atoms with Gasteiger partial charge in [-0.15, -0.1) is 0 Å². The Labute approximate surface area is 171 Å². The molecule has 1 fully saturated rings. The smallest absolute Gasteiger partial charge is 0.262 e. The Morgan fingerprint density at radius 3 is 2.57 bits per heavy atom. The van der Waals surface area contributed by atoms with Crippen LogP contribution in [0.15, 0.2) is 34.2 Å². The van der Waals surface area contributed by atoms with Gasteiger partial charge in [-0.05, 0) is 44.2 Å². The van der Waals surface area contributed by atoms with Crippen LogP contribution in [-0.2, 0) is 4.79 Å². The standard InChI is InChI=1S/C22H31N3O2S/c1-16(2)9-8-10-17(3)25-21(27)18-11-4-5-12-19(18)23-22(25)28-15-20(26)24-13-6-7-14-24/h4-5,11-12,16-17H,6-10,13-15H2,1-3H3. The molecule has 3 rings (SSSR count). The number of para-hydroxylation sites is 1. The number of carbonyl (C=O) groups excluding carboxylic acids is 1. The minimum atomic E-state index is -0.00114. The lowest BCUT2D eigenvalue weighted by atomic mass is 10.0. The Kier molecular flexibility index (Phi) is 7.16. The van der Waals surface area contributed by atoms with Gasteiger partial charge in [-0.2, -0.15) is 0 Å². The van der Waals surface area contributed by atoms with Crippen molar-refractivity contribution in [2.45, 2.75) is 64.1 Å². The highest BCUT2D eigenvalue weighted by Gasteiger charge is 2.21. The first kappa shape index (κ1) is 20.9. The molecule has 0 N–H and O–H groups in total. The number of amides is 1. The molecular weight excluding hydrogens is 370 g/mol. The molecular formula is C22H31N3O2S. The Morgan fingerprint density at radius 2 is 1.86 bits per heavy atom. The number of rotatable bonds is 8. The third-order valence-electron chi connectivity index (χ3n) is 5.40. The summed E-state index contributed by atoms with van der Waals surface area (Å²) in [5.74, 6) is 1.14. The van der Waals surface area contributed by atoms with Crippen LogP contribution in [0.2, 0.25) is 0 Å². The molecule has 1 unspecified atom stereocenters. The lowest BCUT2D eigenvalue weighted by molar-refractivity contribution is -0.127. The minimum Gasteiger partial charge on any atom is -0.342 e. The zero-order valence-corrected chi connectivity index (χ0v) is 18.0. The summed E-state index contributed by atoms with van der Waals surface area (Å²) >= 11 is 1.40. The van der Waals surface area contributed by atoms with Crippen molar-refractivity contribution in [3.05, 3.63) is 34.6 Å². The normalized spacial score (nSPS) is 15.5. The quantitative estimate of drug-likeness (QED) is 0.483. The van der Waals surface area contributed by atoms with E-state index < -0.39 is 0 Å². The number of benzene rings is 1. The number of hydrogen-bond donors (Lipinski definition) is 0. The number of thioether (sulfide) groups is 1. The maximum Gasteiger partial charge on any atom is 0.262 e. The number of nitrogens with zero attached hydrogens (tertiary/aromatic N) is 3. The van der Waals surface area contributed by atoms with Gasteiger partial charge in [0.15, 0.2) is 5.16 Å². The van der Waals surface area contributed by atoms with Gasteiger partial charge in [0.2, 0.25) is 5.91 Å². The first-order valence-corrected chi connectivity index (χ1v) is 11.4. The van der Waals surface area contributed by atoms with Gasteiger partial charge in [0.05, 0.1) is 16.7 Å². The molecule has 0 radical (unpaired) electrons. The summed E-state index contributed by atoms with van der Waals surface area (Å²) < 4.78 is 1.81. The van der Waals surface area contributed by atoms with Crippen LogP contribution < -0.4 is 5.56 Å². The van der Waals surface area contributed by atoms with E-state index in [1.165, 1.54) is 11.8 Å². The highest BCUT2D eigenvalue weighted by molar-refractivity contribution is 7.99. The first-order chi connectivity index (χ1) is 13.5. The summed E-state index contributed by atoms with van der Waals surface area (Å²) in [5.41, 5.74) is 0.702. The van der Waals surface area contributed by atoms with Gasteiger partial charge in [-0.25, -0.2) is 4.98 Å². The van der Waals surface area contributed by atoms with Crippen molar-refractivity contribution in [2.24, 2.45) is 5.92 Å². The largest absolute Gasteiger partial charge is 0.342 e. The molecule has 5 nitrogen and oxygen atoms in total. The molecule has 28 heavy (non-hydrogen) atoms. The van der Waals surface area contributed by atoms with Crippen LogP contribution in [0.5, 0.6) is 0 Å². The molecule has 6 heteroatoms. The highest BCUT2D eigenvalue weighted by Crippen LogP contribution is 2.25. The molecule has 1 aliphatic rings. The van der Waals surface area contributed by atoms with Gasteiger partial charge in [-0.3, -0.25) is 14.2 Å². The van der Waals surface area contributed by atoms with E-state index in [-0.39, 0.29) is 17.5 Å². The molecule has 152 valence electrons. The van der Waals surface area contributed by atoms with Gasteiger partial charge in [0.1, 0.15) is 0 Å². The minimum absolute atomic E-state index is 0.00114. The van der Waals surface area contributed by atoms with Crippen LogP contribution in [0.25, 0.3) is 10.9 Å². The molecule has 1 aromatic carbocycles. The summed E-state index contributed by atoms with van der Waals surface area (Å²) in [5, 5.41) is 1.31. The van der Waals surface area contributed by atoms with Crippen molar-refractivity contribution in [2.75, 3.05) is 18.8 Å². The predicted molar refractivity (Wildman–Crippen MR) is 116 cm³/mol. The van der Waals surface area contributed by atoms with Crippen LogP contribution in [0.4, 0.5) is 0 Å². The van der Waals surface area contributed by atoms with E-state index in [9.17, 15) is 9.59 Å². The number of hydrogen-bond acceptors (Lipinski definition) is 4. The van der Waals surface area contributed by atoms with E-state index in [4.69, 9.17) is 4.98 Å². The number of fused-ring (bicyclic) bond motifs is 1. The Morgan fingerprint density at radius 1 is 1.14 bits per heavy atom. The summed E-state index contributed by atoms with van der Waals surface area (Å²) in [7, 11) is 0. The fourth-order valence-electron chi connectivity index (χ4n) is 3.75. The van der Waals surface area contributed by atoms with E-state index in [1.807, 2.05) is 33.7 Å². The van der Waals surface area contributed by atoms with Crippen molar-refractivity contribution in [3.63, 3.8) is 0 Å². The zero-order chi connectivity index (χ0) is 20.1. The van der Waals surface area contributed by atoms with Crippen LogP contribution in [0, 0.1) is 5.92 Å².